The van der Waals surface area contributed by atoms with Crippen LogP contribution in [0.15, 0.2) is 72.8 Å². The molecule has 6 heteroatoms. The molecule has 220 valence electrons. The molecule has 0 N–H and O–H groups in total. The van der Waals surface area contributed by atoms with Crippen molar-refractivity contribution in [2.75, 3.05) is 13.2 Å². The summed E-state index contributed by atoms with van der Waals surface area (Å²) in [6.45, 7) is 7.20. The first-order valence-corrected chi connectivity index (χ1v) is 15.3. The smallest absolute Gasteiger partial charge is 0.343 e. The Morgan fingerprint density at radius 2 is 1.20 bits per heavy atom. The van der Waals surface area contributed by atoms with Gasteiger partial charge in [-0.1, -0.05) is 90.0 Å². The van der Waals surface area contributed by atoms with Gasteiger partial charge in [0.15, 0.2) is 0 Å². The van der Waals surface area contributed by atoms with Gasteiger partial charge in [-0.15, -0.1) is 11.6 Å². The molecule has 3 rings (SSSR count). The van der Waals surface area contributed by atoms with Gasteiger partial charge in [0.25, 0.3) is 0 Å². The highest BCUT2D eigenvalue weighted by molar-refractivity contribution is 6.21. The highest BCUT2D eigenvalue weighted by atomic mass is 35.5. The molecule has 0 unspecified atom stereocenters. The second-order valence-electron chi connectivity index (χ2n) is 10.5. The molecule has 0 aliphatic heterocycles. The molecule has 0 aliphatic rings. The lowest BCUT2D eigenvalue weighted by Crippen LogP contribution is -2.20. The average Bonchev–Trinajstić information content (AvgIpc) is 3.01. The van der Waals surface area contributed by atoms with E-state index in [2.05, 4.69) is 13.8 Å². The van der Waals surface area contributed by atoms with Crippen LogP contribution in [0.3, 0.4) is 0 Å². The maximum atomic E-state index is 12.6. The lowest BCUT2D eigenvalue weighted by molar-refractivity contribution is 0.0489. The maximum Gasteiger partial charge on any atom is 0.343 e. The van der Waals surface area contributed by atoms with E-state index in [1.807, 2.05) is 31.2 Å². The summed E-state index contributed by atoms with van der Waals surface area (Å²) in [5, 5.41) is -0.200. The Morgan fingerprint density at radius 3 is 1.80 bits per heavy atom. The largest absolute Gasteiger partial charge is 0.494 e. The van der Waals surface area contributed by atoms with Crippen LogP contribution in [0.5, 0.6) is 11.5 Å². The summed E-state index contributed by atoms with van der Waals surface area (Å²) in [5.74, 6) is 0.673. The predicted molar refractivity (Wildman–Crippen MR) is 166 cm³/mol. The molecule has 0 radical (unpaired) electrons. The zero-order chi connectivity index (χ0) is 29.5. The first kappa shape index (κ1) is 32.2. The van der Waals surface area contributed by atoms with E-state index in [0.29, 0.717) is 23.5 Å². The van der Waals surface area contributed by atoms with Crippen LogP contribution >= 0.6 is 11.6 Å². The van der Waals surface area contributed by atoms with Crippen molar-refractivity contribution in [2.24, 2.45) is 5.92 Å². The summed E-state index contributed by atoms with van der Waals surface area (Å²) in [5.41, 5.74) is 2.80. The second kappa shape index (κ2) is 17.5. The number of carbonyl (C=O) groups is 2. The maximum absolute atomic E-state index is 12.6. The summed E-state index contributed by atoms with van der Waals surface area (Å²) in [4.78, 5) is 25.0. The summed E-state index contributed by atoms with van der Waals surface area (Å²) in [6.07, 6.45) is 9.62. The lowest BCUT2D eigenvalue weighted by atomic mass is 10.0. The number of rotatable bonds is 17. The molecule has 3 aromatic rings. The monoisotopic (exact) mass is 578 g/mol. The van der Waals surface area contributed by atoms with Crippen molar-refractivity contribution in [3.8, 4) is 22.6 Å². The highest BCUT2D eigenvalue weighted by Crippen LogP contribution is 2.24. The number of esters is 2. The van der Waals surface area contributed by atoms with E-state index in [0.717, 1.165) is 29.7 Å². The fourth-order valence-corrected chi connectivity index (χ4v) is 4.52. The summed E-state index contributed by atoms with van der Waals surface area (Å²) in [6, 6.07) is 21.5. The molecular weight excluding hydrogens is 536 g/mol. The molecule has 0 heterocycles. The summed E-state index contributed by atoms with van der Waals surface area (Å²) >= 11 is 6.28. The van der Waals surface area contributed by atoms with Gasteiger partial charge in [-0.25, -0.2) is 9.59 Å². The summed E-state index contributed by atoms with van der Waals surface area (Å²) < 4.78 is 16.7. The van der Waals surface area contributed by atoms with Gasteiger partial charge in [0.2, 0.25) is 0 Å². The van der Waals surface area contributed by atoms with Gasteiger partial charge in [-0.2, -0.15) is 0 Å². The van der Waals surface area contributed by atoms with Crippen LogP contribution in [0.1, 0.15) is 92.9 Å². The quantitative estimate of drug-likeness (QED) is 0.0690. The van der Waals surface area contributed by atoms with Gasteiger partial charge in [-0.05, 0) is 72.0 Å². The number of hydrogen-bond acceptors (Lipinski definition) is 5. The predicted octanol–water partition coefficient (Wildman–Crippen LogP) is 9.51. The standard InChI is InChI=1S/C35H43ClO5/c1-4-6-7-8-9-10-11-24-39-31-20-18-30(19-21-31)35(38)41-32-22-16-28(17-23-32)27-12-14-29(15-13-27)34(37)40-25-33(36)26(3)5-2/h12-23,26,33H,4-11,24-25H2,1-3H3/t26-,33-/m1/s1. The highest BCUT2D eigenvalue weighted by Gasteiger charge is 2.16. The lowest BCUT2D eigenvalue weighted by Gasteiger charge is -2.16. The SMILES string of the molecule is CCCCCCCCCOc1ccc(C(=O)Oc2ccc(-c3ccc(C(=O)OC[C@@H](Cl)[C@H](C)CC)cc3)cc2)cc1. The van der Waals surface area contributed by atoms with Crippen molar-refractivity contribution in [2.45, 2.75) is 77.5 Å². The molecule has 2 atom stereocenters. The number of unbranched alkanes of at least 4 members (excludes halogenated alkanes) is 6. The molecule has 0 aromatic heterocycles. The zero-order valence-corrected chi connectivity index (χ0v) is 25.3. The second-order valence-corrected chi connectivity index (χ2v) is 11.0. The zero-order valence-electron chi connectivity index (χ0n) is 24.6. The fraction of sp³-hybridized carbons (Fsp3) is 0.429. The Labute approximate surface area is 250 Å². The number of ether oxygens (including phenoxy) is 3. The molecule has 0 fully saturated rings. The molecule has 0 bridgehead atoms. The van der Waals surface area contributed by atoms with Crippen LogP contribution in [-0.2, 0) is 4.74 Å². The minimum absolute atomic E-state index is 0.189. The van der Waals surface area contributed by atoms with Crippen LogP contribution in [-0.4, -0.2) is 30.5 Å². The van der Waals surface area contributed by atoms with E-state index in [9.17, 15) is 9.59 Å². The van der Waals surface area contributed by atoms with Gasteiger partial charge in [0, 0.05) is 0 Å². The Morgan fingerprint density at radius 1 is 0.683 bits per heavy atom. The van der Waals surface area contributed by atoms with E-state index < -0.39 is 5.97 Å². The van der Waals surface area contributed by atoms with Crippen LogP contribution < -0.4 is 9.47 Å². The molecule has 0 saturated carbocycles. The van der Waals surface area contributed by atoms with Crippen LogP contribution in [0.4, 0.5) is 0 Å². The Hall–Kier alpha value is -3.31. The van der Waals surface area contributed by atoms with Crippen LogP contribution in [0.2, 0.25) is 0 Å². The number of benzene rings is 3. The minimum Gasteiger partial charge on any atom is -0.494 e. The first-order valence-electron chi connectivity index (χ1n) is 14.9. The Kier molecular flexibility index (Phi) is 13.7. The molecular formula is C35H43ClO5. The van der Waals surface area contributed by atoms with Crippen molar-refractivity contribution >= 4 is 23.5 Å². The van der Waals surface area contributed by atoms with E-state index >= 15 is 0 Å². The Balaban J connectivity index is 1.44. The molecule has 0 spiro atoms. The average molecular weight is 579 g/mol. The van der Waals surface area contributed by atoms with Gasteiger partial charge in [-0.3, -0.25) is 0 Å². The third-order valence-corrected chi connectivity index (χ3v) is 7.82. The molecule has 5 nitrogen and oxygen atoms in total. The van der Waals surface area contributed by atoms with Gasteiger partial charge in [0.05, 0.1) is 23.1 Å². The number of alkyl halides is 1. The number of halogens is 1. The molecule has 0 aliphatic carbocycles. The first-order chi connectivity index (χ1) is 19.9. The van der Waals surface area contributed by atoms with Gasteiger partial charge in [0.1, 0.15) is 18.1 Å². The Bertz CT molecular complexity index is 1190. The van der Waals surface area contributed by atoms with E-state index in [-0.39, 0.29) is 23.9 Å². The molecule has 0 amide bonds. The van der Waals surface area contributed by atoms with E-state index in [1.54, 1.807) is 48.5 Å². The van der Waals surface area contributed by atoms with Crippen molar-refractivity contribution in [1.82, 2.24) is 0 Å². The topological polar surface area (TPSA) is 61.8 Å². The van der Waals surface area contributed by atoms with Crippen molar-refractivity contribution in [3.05, 3.63) is 83.9 Å². The minimum atomic E-state index is -0.424. The van der Waals surface area contributed by atoms with Crippen LogP contribution in [0.25, 0.3) is 11.1 Å². The van der Waals surface area contributed by atoms with E-state index in [1.165, 1.54) is 38.5 Å². The van der Waals surface area contributed by atoms with Gasteiger partial charge < -0.3 is 14.2 Å². The normalized spacial score (nSPS) is 12.4. The number of hydrogen-bond donors (Lipinski definition) is 0. The third kappa shape index (κ3) is 10.9. The third-order valence-electron chi connectivity index (χ3n) is 7.26. The van der Waals surface area contributed by atoms with E-state index in [4.69, 9.17) is 25.8 Å². The van der Waals surface area contributed by atoms with Gasteiger partial charge >= 0.3 is 11.9 Å². The van der Waals surface area contributed by atoms with Crippen LogP contribution in [0, 0.1) is 5.92 Å². The number of carbonyl (C=O) groups excluding carboxylic acids is 2. The summed E-state index contributed by atoms with van der Waals surface area (Å²) in [7, 11) is 0. The molecule has 0 saturated heterocycles. The van der Waals surface area contributed by atoms with Crippen molar-refractivity contribution in [3.63, 3.8) is 0 Å². The molecule has 3 aromatic carbocycles. The van der Waals surface area contributed by atoms with Crippen molar-refractivity contribution in [1.29, 1.82) is 0 Å². The van der Waals surface area contributed by atoms with Crippen molar-refractivity contribution < 1.29 is 23.8 Å². The fourth-order valence-electron chi connectivity index (χ4n) is 4.28. The molecule has 41 heavy (non-hydrogen) atoms.